The van der Waals surface area contributed by atoms with Crippen LogP contribution >= 0.6 is 11.6 Å². The van der Waals surface area contributed by atoms with Gasteiger partial charge in [0.15, 0.2) is 0 Å². The zero-order valence-corrected chi connectivity index (χ0v) is 15.3. The molecule has 0 radical (unpaired) electrons. The Bertz CT molecular complexity index is 888. The number of benzene rings is 1. The first-order valence-corrected chi connectivity index (χ1v) is 8.64. The quantitative estimate of drug-likeness (QED) is 0.608. The van der Waals surface area contributed by atoms with E-state index >= 15 is 0 Å². The smallest absolute Gasteiger partial charge is 0.225 e. The molecule has 0 aliphatic heterocycles. The van der Waals surface area contributed by atoms with Crippen molar-refractivity contribution < 1.29 is 5.11 Å². The summed E-state index contributed by atoms with van der Waals surface area (Å²) in [5, 5.41) is 16.2. The van der Waals surface area contributed by atoms with E-state index < -0.39 is 0 Å². The van der Waals surface area contributed by atoms with Crippen LogP contribution in [0.1, 0.15) is 12.5 Å². The highest BCUT2D eigenvalue weighted by atomic mass is 35.5. The molecule has 0 spiro atoms. The molecular formula is C19H20ClN5O. The average Bonchev–Trinajstić information content (AvgIpc) is 2.64. The van der Waals surface area contributed by atoms with Crippen molar-refractivity contribution in [2.45, 2.75) is 19.9 Å². The van der Waals surface area contributed by atoms with Gasteiger partial charge in [-0.25, -0.2) is 4.98 Å². The molecule has 7 heteroatoms. The molecule has 3 N–H and O–H groups in total. The zero-order valence-electron chi connectivity index (χ0n) is 14.6. The first-order chi connectivity index (χ1) is 12.5. The number of aliphatic hydroxyl groups is 1. The Kier molecular flexibility index (Phi) is 5.65. The molecule has 0 fully saturated rings. The number of hydrogen-bond donors (Lipinski definition) is 3. The van der Waals surface area contributed by atoms with Crippen molar-refractivity contribution in [2.75, 3.05) is 17.2 Å². The van der Waals surface area contributed by atoms with Gasteiger partial charge in [-0.3, -0.25) is 4.98 Å². The number of hydrogen-bond acceptors (Lipinski definition) is 6. The van der Waals surface area contributed by atoms with Crippen LogP contribution in [0.4, 0.5) is 17.5 Å². The highest BCUT2D eigenvalue weighted by Gasteiger charge is 2.11. The van der Waals surface area contributed by atoms with Gasteiger partial charge >= 0.3 is 0 Å². The van der Waals surface area contributed by atoms with Crippen LogP contribution in [0.2, 0.25) is 5.02 Å². The molecule has 134 valence electrons. The van der Waals surface area contributed by atoms with Gasteiger partial charge in [0.05, 0.1) is 28.7 Å². The van der Waals surface area contributed by atoms with E-state index in [-0.39, 0.29) is 12.6 Å². The van der Waals surface area contributed by atoms with Crippen LogP contribution in [0.5, 0.6) is 0 Å². The largest absolute Gasteiger partial charge is 0.394 e. The molecule has 0 amide bonds. The van der Waals surface area contributed by atoms with E-state index in [4.69, 9.17) is 11.6 Å². The number of nitrogens with one attached hydrogen (secondary N) is 2. The maximum atomic E-state index is 9.29. The number of rotatable bonds is 6. The standard InChI is InChI=1S/C19H20ClN5O/c1-12-6-7-15(14(20)9-12)23-18-10-17(16-5-3-4-8-21-16)24-19(25-18)22-13(2)11-26/h3-10,13,26H,11H2,1-2H3,(H2,22,23,24,25)/t13-/m0/s1. The molecule has 3 aromatic rings. The van der Waals surface area contributed by atoms with Crippen LogP contribution in [0.25, 0.3) is 11.4 Å². The predicted molar refractivity (Wildman–Crippen MR) is 105 cm³/mol. The summed E-state index contributed by atoms with van der Waals surface area (Å²) >= 11 is 6.32. The van der Waals surface area contributed by atoms with Gasteiger partial charge in [0.25, 0.3) is 0 Å². The minimum absolute atomic E-state index is 0.0241. The van der Waals surface area contributed by atoms with E-state index in [1.807, 2.05) is 56.3 Å². The Labute approximate surface area is 157 Å². The molecular weight excluding hydrogens is 350 g/mol. The summed E-state index contributed by atoms with van der Waals surface area (Å²) in [7, 11) is 0. The second-order valence-electron chi connectivity index (χ2n) is 6.01. The summed E-state index contributed by atoms with van der Waals surface area (Å²) < 4.78 is 0. The fourth-order valence-corrected chi connectivity index (χ4v) is 2.63. The van der Waals surface area contributed by atoms with Crippen LogP contribution < -0.4 is 10.6 Å². The van der Waals surface area contributed by atoms with Gasteiger partial charge in [0.1, 0.15) is 5.82 Å². The lowest BCUT2D eigenvalue weighted by atomic mass is 10.2. The van der Waals surface area contributed by atoms with Gasteiger partial charge in [-0.1, -0.05) is 23.7 Å². The molecule has 0 saturated heterocycles. The van der Waals surface area contributed by atoms with Gasteiger partial charge in [-0.15, -0.1) is 0 Å². The molecule has 1 aromatic carbocycles. The average molecular weight is 370 g/mol. The molecule has 0 aliphatic carbocycles. The van der Waals surface area contributed by atoms with Crippen LogP contribution in [0.3, 0.4) is 0 Å². The number of anilines is 3. The van der Waals surface area contributed by atoms with Crippen molar-refractivity contribution in [3.05, 3.63) is 59.2 Å². The summed E-state index contributed by atoms with van der Waals surface area (Å²) in [5.41, 5.74) is 3.23. The molecule has 0 saturated carbocycles. The molecule has 0 aliphatic rings. The molecule has 2 heterocycles. The topological polar surface area (TPSA) is 83.0 Å². The molecule has 1 atom stereocenters. The number of aliphatic hydroxyl groups excluding tert-OH is 1. The number of aryl methyl sites for hydroxylation is 1. The number of halogens is 1. The third-order valence-corrected chi connectivity index (χ3v) is 4.00. The third-order valence-electron chi connectivity index (χ3n) is 3.69. The van der Waals surface area contributed by atoms with Gasteiger partial charge in [-0.05, 0) is 43.7 Å². The van der Waals surface area contributed by atoms with Gasteiger partial charge in [0, 0.05) is 18.3 Å². The number of pyridine rings is 1. The van der Waals surface area contributed by atoms with Crippen molar-refractivity contribution in [1.82, 2.24) is 15.0 Å². The molecule has 3 rings (SSSR count). The highest BCUT2D eigenvalue weighted by molar-refractivity contribution is 6.33. The summed E-state index contributed by atoms with van der Waals surface area (Å²) in [5.74, 6) is 0.986. The molecule has 6 nitrogen and oxygen atoms in total. The lowest BCUT2D eigenvalue weighted by Crippen LogP contribution is -2.21. The van der Waals surface area contributed by atoms with E-state index in [9.17, 15) is 5.11 Å². The van der Waals surface area contributed by atoms with Crippen molar-refractivity contribution in [3.63, 3.8) is 0 Å². The molecule has 2 aromatic heterocycles. The van der Waals surface area contributed by atoms with E-state index in [0.29, 0.717) is 22.5 Å². The molecule has 0 bridgehead atoms. The van der Waals surface area contributed by atoms with Gasteiger partial charge in [-0.2, -0.15) is 4.98 Å². The summed E-state index contributed by atoms with van der Waals surface area (Å²) in [6.07, 6.45) is 1.71. The zero-order chi connectivity index (χ0) is 18.5. The fraction of sp³-hybridized carbons (Fsp3) is 0.211. The lowest BCUT2D eigenvalue weighted by molar-refractivity contribution is 0.281. The first-order valence-electron chi connectivity index (χ1n) is 8.26. The first kappa shape index (κ1) is 18.1. The maximum absolute atomic E-state index is 9.29. The summed E-state index contributed by atoms with van der Waals surface area (Å²) in [6.45, 7) is 3.81. The predicted octanol–water partition coefficient (Wildman–Crippen LogP) is 4.04. The number of aromatic nitrogens is 3. The minimum atomic E-state index is -0.176. The van der Waals surface area contributed by atoms with E-state index in [2.05, 4.69) is 25.6 Å². The Morgan fingerprint density at radius 1 is 1.12 bits per heavy atom. The molecule has 26 heavy (non-hydrogen) atoms. The third kappa shape index (κ3) is 4.47. The molecule has 0 unspecified atom stereocenters. The fourth-order valence-electron chi connectivity index (χ4n) is 2.35. The number of nitrogens with zero attached hydrogens (tertiary/aromatic N) is 3. The SMILES string of the molecule is Cc1ccc(Nc2cc(-c3ccccn3)nc(N[C@@H](C)CO)n2)c(Cl)c1. The van der Waals surface area contributed by atoms with Crippen LogP contribution in [-0.2, 0) is 0 Å². The van der Waals surface area contributed by atoms with E-state index in [1.54, 1.807) is 6.20 Å². The van der Waals surface area contributed by atoms with Crippen LogP contribution in [0, 0.1) is 6.92 Å². The summed E-state index contributed by atoms with van der Waals surface area (Å²) in [4.78, 5) is 13.3. The van der Waals surface area contributed by atoms with Crippen molar-refractivity contribution in [2.24, 2.45) is 0 Å². The maximum Gasteiger partial charge on any atom is 0.225 e. The van der Waals surface area contributed by atoms with Gasteiger partial charge in [0.2, 0.25) is 5.95 Å². The van der Waals surface area contributed by atoms with Crippen molar-refractivity contribution >= 4 is 29.1 Å². The van der Waals surface area contributed by atoms with Crippen LogP contribution in [-0.4, -0.2) is 32.7 Å². The highest BCUT2D eigenvalue weighted by Crippen LogP contribution is 2.27. The van der Waals surface area contributed by atoms with E-state index in [0.717, 1.165) is 16.9 Å². The van der Waals surface area contributed by atoms with Crippen molar-refractivity contribution in [3.8, 4) is 11.4 Å². The van der Waals surface area contributed by atoms with Crippen LogP contribution in [0.15, 0.2) is 48.7 Å². The minimum Gasteiger partial charge on any atom is -0.394 e. The van der Waals surface area contributed by atoms with Gasteiger partial charge < -0.3 is 15.7 Å². The lowest BCUT2D eigenvalue weighted by Gasteiger charge is -2.14. The van der Waals surface area contributed by atoms with E-state index in [1.165, 1.54) is 0 Å². The Balaban J connectivity index is 1.98. The second-order valence-corrected chi connectivity index (χ2v) is 6.42. The second kappa shape index (κ2) is 8.12. The van der Waals surface area contributed by atoms with Crippen molar-refractivity contribution in [1.29, 1.82) is 0 Å². The Morgan fingerprint density at radius 2 is 1.96 bits per heavy atom. The Hall–Kier alpha value is -2.70. The monoisotopic (exact) mass is 369 g/mol. The normalized spacial score (nSPS) is 11.8. The Morgan fingerprint density at radius 3 is 2.65 bits per heavy atom. The summed E-state index contributed by atoms with van der Waals surface area (Å²) in [6, 6.07) is 13.0.